The fourth-order valence-corrected chi connectivity index (χ4v) is 25.9. The number of aliphatic hydroxyl groups is 3. The Labute approximate surface area is 514 Å². The Morgan fingerprint density at radius 3 is 2.29 bits per heavy atom. The second-order valence-electron chi connectivity index (χ2n) is 32.4. The van der Waals surface area contributed by atoms with Gasteiger partial charge in [-0.1, -0.05) is 150 Å². The van der Waals surface area contributed by atoms with Gasteiger partial charge in [0.15, 0.2) is 0 Å². The smallest absolute Gasteiger partial charge is 0.331 e. The first-order valence-electron chi connectivity index (χ1n) is 35.3. The summed E-state index contributed by atoms with van der Waals surface area (Å²) < 4.78 is 12.2. The van der Waals surface area contributed by atoms with Gasteiger partial charge in [0.25, 0.3) is 0 Å². The second kappa shape index (κ2) is 21.4. The Morgan fingerprint density at radius 1 is 0.744 bits per heavy atom. The van der Waals surface area contributed by atoms with E-state index >= 15 is 0 Å². The van der Waals surface area contributed by atoms with Crippen molar-refractivity contribution in [2.45, 2.75) is 261 Å². The molecule has 3 N–H and O–H groups in total. The number of ether oxygens (including phenoxy) is 2. The first-order chi connectivity index (χ1) is 41.5. The molecule has 0 aromatic heterocycles. The van der Waals surface area contributed by atoms with Gasteiger partial charge in [0.1, 0.15) is 12.7 Å². The Kier molecular flexibility index (Phi) is 14.5. The third kappa shape index (κ3) is 8.45. The summed E-state index contributed by atoms with van der Waals surface area (Å²) in [7, 11) is 0. The van der Waals surface area contributed by atoms with Crippen LogP contribution in [0.4, 0.5) is 0 Å². The van der Waals surface area contributed by atoms with Crippen LogP contribution in [0.15, 0.2) is 103 Å². The van der Waals surface area contributed by atoms with Crippen LogP contribution in [-0.2, 0) is 30.9 Å². The summed E-state index contributed by atoms with van der Waals surface area (Å²) >= 11 is 0. The van der Waals surface area contributed by atoms with Crippen LogP contribution in [-0.4, -0.2) is 57.8 Å². The number of aliphatic hydroxyl groups excluding tert-OH is 2. The van der Waals surface area contributed by atoms with Crippen molar-refractivity contribution in [2.24, 2.45) is 62.1 Å². The van der Waals surface area contributed by atoms with Gasteiger partial charge in [-0.25, -0.2) is 4.79 Å². The highest BCUT2D eigenvalue weighted by Crippen LogP contribution is 2.84. The Balaban J connectivity index is 0.859. The molecular weight excluding hydrogens is 1060 g/mol. The van der Waals surface area contributed by atoms with E-state index in [0.29, 0.717) is 66.1 Å². The number of fused-ring (bicyclic) bond motifs is 6. The van der Waals surface area contributed by atoms with E-state index in [0.717, 1.165) is 56.9 Å². The van der Waals surface area contributed by atoms with Gasteiger partial charge in [-0.2, -0.15) is 0 Å². The minimum atomic E-state index is -1.55. The van der Waals surface area contributed by atoms with E-state index in [1.807, 2.05) is 0 Å². The summed E-state index contributed by atoms with van der Waals surface area (Å²) in [6, 6.07) is 35.4. The molecule has 15 rings (SSSR count). The van der Waals surface area contributed by atoms with Gasteiger partial charge in [0, 0.05) is 24.3 Å². The highest BCUT2D eigenvalue weighted by atomic mass is 16.5. The largest absolute Gasteiger partial charge is 0.462 e. The summed E-state index contributed by atoms with van der Waals surface area (Å²) in [5.74, 6) is 0.766. The van der Waals surface area contributed by atoms with Crippen molar-refractivity contribution in [2.75, 3.05) is 6.61 Å². The molecule has 7 heteroatoms. The van der Waals surface area contributed by atoms with Crippen LogP contribution >= 0.6 is 0 Å². The van der Waals surface area contributed by atoms with Crippen LogP contribution in [0.2, 0.25) is 0 Å². The summed E-state index contributed by atoms with van der Waals surface area (Å²) in [4.78, 5) is 26.4. The van der Waals surface area contributed by atoms with Crippen molar-refractivity contribution in [1.29, 1.82) is 0 Å². The number of carbonyl (C=O) groups is 2. The van der Waals surface area contributed by atoms with Crippen LogP contribution in [0, 0.1) is 62.1 Å². The van der Waals surface area contributed by atoms with Gasteiger partial charge < -0.3 is 24.8 Å². The molecular formula is C79H102O7. The maximum absolute atomic E-state index is 14.3. The third-order valence-corrected chi connectivity index (χ3v) is 29.2. The van der Waals surface area contributed by atoms with Crippen LogP contribution < -0.4 is 0 Å². The minimum Gasteiger partial charge on any atom is -0.462 e. The standard InChI is InChI=1S/C79H102O7/c1-51(18-15-21-54-19-7-5-8-20-54)27-30-65(81)79-66(82)33-39-72(4,71(79)64(86-53(3)80)44-52(2)78(79,84)41-31-55-45-67(83)85-48-55)58-32-40-77-50-73(42-43-75(49-73)37-17-36-74(75)34-13-14-35-74)63-47-76(57-23-9-6-10-24-57)38-12-11-26-61(76)60-29-28-56-22-16-25-59(62(77)46-58)68(56)69(60)70(63)77/h5-10,16,19-20,22-25,28-29,45,51-52,58,61-66,70-71,81-82,84H,11-15,17-18,21,26-27,30-44,46-50H2,1-4H3. The number of carbonyl (C=O) groups excluding carboxylic acids is 2. The van der Waals surface area contributed by atoms with Crippen molar-refractivity contribution >= 4 is 22.7 Å². The number of esters is 2. The molecule has 8 fully saturated rings. The topological polar surface area (TPSA) is 113 Å². The highest BCUT2D eigenvalue weighted by molar-refractivity contribution is 5.93. The lowest BCUT2D eigenvalue weighted by atomic mass is 9.36. The predicted molar refractivity (Wildman–Crippen MR) is 340 cm³/mol. The van der Waals surface area contributed by atoms with E-state index in [9.17, 15) is 24.9 Å². The number of cyclic esters (lactones) is 1. The lowest BCUT2D eigenvalue weighted by Gasteiger charge is -2.70. The van der Waals surface area contributed by atoms with E-state index in [-0.39, 0.29) is 47.1 Å². The van der Waals surface area contributed by atoms with E-state index in [2.05, 4.69) is 112 Å². The molecule has 0 bridgehead atoms. The lowest BCUT2D eigenvalue weighted by molar-refractivity contribution is -0.327. The third-order valence-electron chi connectivity index (χ3n) is 29.2. The molecule has 1 heterocycles. The SMILES string of the molecule is CC(=O)OC1CC(C)C(O)(CCC2=CC(=O)OC2)C2(C(O)CCC(C)CCCc3ccccc3)C(O)CCC(C)(C3CCC45CC6(CCC7(CCCC78CCCC8)C6)C6CC7(c8ccccc8)CCCCC7c7ccc8cccc(c8c7C64)C5C3)C12. The Hall–Kier alpha value is -4.30. The van der Waals surface area contributed by atoms with Crippen LogP contribution in [0.25, 0.3) is 10.8 Å². The molecule has 1 aliphatic heterocycles. The van der Waals surface area contributed by atoms with Gasteiger partial charge in [0.05, 0.1) is 23.2 Å². The quantitative estimate of drug-likeness (QED) is 0.108. The number of rotatable bonds is 14. The number of aryl methyl sites for hydroxylation is 1. The molecule has 8 saturated carbocycles. The van der Waals surface area contributed by atoms with Gasteiger partial charge >= 0.3 is 11.9 Å². The summed E-state index contributed by atoms with van der Waals surface area (Å²) in [6.07, 6.45) is 30.7. The van der Waals surface area contributed by atoms with Crippen molar-refractivity contribution in [3.05, 3.63) is 130 Å². The fourth-order valence-electron chi connectivity index (χ4n) is 25.9. The fraction of sp³-hybridized carbons (Fsp3) is 0.671. The van der Waals surface area contributed by atoms with Gasteiger partial charge in [0.2, 0.25) is 0 Å². The summed E-state index contributed by atoms with van der Waals surface area (Å²) in [5.41, 5.74) is 6.77. The van der Waals surface area contributed by atoms with Gasteiger partial charge in [-0.3, -0.25) is 4.79 Å². The van der Waals surface area contributed by atoms with Crippen molar-refractivity contribution in [3.63, 3.8) is 0 Å². The van der Waals surface area contributed by atoms with Crippen molar-refractivity contribution in [3.8, 4) is 0 Å². The molecule has 0 amide bonds. The molecule has 10 aliphatic carbocycles. The molecule has 86 heavy (non-hydrogen) atoms. The predicted octanol–water partition coefficient (Wildman–Crippen LogP) is 17.3. The van der Waals surface area contributed by atoms with Crippen molar-refractivity contribution < 1.29 is 34.4 Å². The lowest BCUT2D eigenvalue weighted by Crippen LogP contribution is -2.77. The van der Waals surface area contributed by atoms with E-state index in [1.165, 1.54) is 121 Å². The average molecular weight is 1160 g/mol. The first kappa shape index (κ1) is 58.1. The van der Waals surface area contributed by atoms with E-state index in [1.54, 1.807) is 33.7 Å². The molecule has 11 aliphatic rings. The van der Waals surface area contributed by atoms with Crippen LogP contribution in [0.5, 0.6) is 0 Å². The molecule has 18 unspecified atom stereocenters. The molecule has 18 atom stereocenters. The van der Waals surface area contributed by atoms with Crippen LogP contribution in [0.1, 0.15) is 253 Å². The Bertz CT molecular complexity index is 3250. The normalized spacial score (nSPS) is 41.4. The average Bonchev–Trinajstić information content (AvgIpc) is 1.35. The van der Waals surface area contributed by atoms with Gasteiger partial charge in [-0.15, -0.1) is 0 Å². The van der Waals surface area contributed by atoms with E-state index < -0.39 is 46.6 Å². The molecule has 4 aromatic rings. The van der Waals surface area contributed by atoms with Gasteiger partial charge in [-0.05, 0) is 260 Å². The highest BCUT2D eigenvalue weighted by Gasteiger charge is 2.77. The van der Waals surface area contributed by atoms with E-state index in [4.69, 9.17) is 9.47 Å². The first-order valence-corrected chi connectivity index (χ1v) is 35.3. The molecule has 4 spiro atoms. The Morgan fingerprint density at radius 2 is 1.51 bits per heavy atom. The molecule has 7 nitrogen and oxygen atoms in total. The molecule has 4 aromatic carbocycles. The van der Waals surface area contributed by atoms with Crippen molar-refractivity contribution in [1.82, 2.24) is 0 Å². The minimum absolute atomic E-state index is 0.0836. The maximum atomic E-state index is 14.3. The van der Waals surface area contributed by atoms with Crippen LogP contribution in [0.3, 0.4) is 0 Å². The summed E-state index contributed by atoms with van der Waals surface area (Å²) in [5, 5.41) is 44.6. The maximum Gasteiger partial charge on any atom is 0.331 e. The zero-order chi connectivity index (χ0) is 59.1. The summed E-state index contributed by atoms with van der Waals surface area (Å²) in [6.45, 7) is 8.58. The second-order valence-corrected chi connectivity index (χ2v) is 32.4. The molecule has 460 valence electrons. The zero-order valence-corrected chi connectivity index (χ0v) is 52.8. The monoisotopic (exact) mass is 1160 g/mol. The number of hydrogen-bond donors (Lipinski definition) is 3. The molecule has 0 radical (unpaired) electrons. The molecule has 0 saturated heterocycles. The zero-order valence-electron chi connectivity index (χ0n) is 52.8. The number of benzene rings is 4. The number of hydrogen-bond acceptors (Lipinski definition) is 7.